The number of ether oxygens (including phenoxy) is 5. The first-order chi connectivity index (χ1) is 19.6. The van der Waals surface area contributed by atoms with E-state index >= 15 is 0 Å². The summed E-state index contributed by atoms with van der Waals surface area (Å²) in [6.45, 7) is 5.82. The second-order valence-corrected chi connectivity index (χ2v) is 9.27. The molecular formula is C29H33NO12. The topological polar surface area (TPSA) is 171 Å². The minimum absolute atomic E-state index is 0.0292. The second kappa shape index (κ2) is 14.7. The van der Waals surface area contributed by atoms with Crippen molar-refractivity contribution in [2.24, 2.45) is 7.05 Å². The summed E-state index contributed by atoms with van der Waals surface area (Å²) in [7, 11) is 1.35. The number of aromatic nitrogens is 1. The number of carbonyl (C=O) groups is 6. The zero-order chi connectivity index (χ0) is 31.7. The molecule has 13 heteroatoms. The fourth-order valence-electron chi connectivity index (χ4n) is 4.27. The van der Waals surface area contributed by atoms with Gasteiger partial charge < -0.3 is 28.3 Å². The van der Waals surface area contributed by atoms with Crippen LogP contribution in [0.15, 0.2) is 41.2 Å². The van der Waals surface area contributed by atoms with Crippen molar-refractivity contribution in [2.45, 2.75) is 66.0 Å². The van der Waals surface area contributed by atoms with E-state index in [2.05, 4.69) is 0 Å². The van der Waals surface area contributed by atoms with E-state index < -0.39 is 72.2 Å². The molecule has 1 heterocycles. The molecule has 0 N–H and O–H groups in total. The number of pyridine rings is 1. The number of ketones is 1. The van der Waals surface area contributed by atoms with E-state index in [9.17, 15) is 33.6 Å². The quantitative estimate of drug-likeness (QED) is 0.202. The fourth-order valence-corrected chi connectivity index (χ4v) is 4.27. The van der Waals surface area contributed by atoms with Crippen LogP contribution in [0.5, 0.6) is 0 Å². The van der Waals surface area contributed by atoms with Gasteiger partial charge in [-0.1, -0.05) is 30.3 Å². The molecule has 42 heavy (non-hydrogen) atoms. The molecule has 0 fully saturated rings. The summed E-state index contributed by atoms with van der Waals surface area (Å²) in [4.78, 5) is 86.9. The van der Waals surface area contributed by atoms with E-state index in [1.165, 1.54) is 20.0 Å². The Labute approximate surface area is 241 Å². The fraction of sp³-hybridized carbons (Fsp3) is 0.414. The summed E-state index contributed by atoms with van der Waals surface area (Å²) in [5.41, 5.74) is -0.271. The Morgan fingerprint density at radius 2 is 1.24 bits per heavy atom. The minimum atomic E-state index is -1.76. The first kappa shape index (κ1) is 33.4. The summed E-state index contributed by atoms with van der Waals surface area (Å²) in [6.07, 6.45) is -6.72. The molecule has 0 spiro atoms. The highest BCUT2D eigenvalue weighted by Gasteiger charge is 2.45. The number of benzene rings is 1. The summed E-state index contributed by atoms with van der Waals surface area (Å²) in [5.74, 6) is -4.88. The van der Waals surface area contributed by atoms with Crippen molar-refractivity contribution in [1.82, 2.24) is 4.57 Å². The molecule has 0 aliphatic rings. The van der Waals surface area contributed by atoms with Gasteiger partial charge in [0.2, 0.25) is 0 Å². The van der Waals surface area contributed by atoms with Gasteiger partial charge in [-0.3, -0.25) is 33.6 Å². The number of hydrogen-bond donors (Lipinski definition) is 0. The second-order valence-electron chi connectivity index (χ2n) is 9.27. The van der Waals surface area contributed by atoms with Crippen LogP contribution >= 0.6 is 0 Å². The number of Topliss-reactive ketones (excluding diaryl/α,β-unsaturated/α-hetero) is 1. The maximum Gasteiger partial charge on any atom is 0.303 e. The van der Waals surface area contributed by atoms with Gasteiger partial charge >= 0.3 is 29.8 Å². The largest absolute Gasteiger partial charge is 0.462 e. The summed E-state index contributed by atoms with van der Waals surface area (Å²) >= 11 is 0. The summed E-state index contributed by atoms with van der Waals surface area (Å²) in [6, 6.07) is 9.70. The Morgan fingerprint density at radius 3 is 1.71 bits per heavy atom. The van der Waals surface area contributed by atoms with Crippen molar-refractivity contribution in [3.8, 4) is 11.1 Å². The number of hydrogen-bond acceptors (Lipinski definition) is 12. The lowest BCUT2D eigenvalue weighted by Crippen LogP contribution is -2.51. The highest BCUT2D eigenvalue weighted by Crippen LogP contribution is 2.32. The first-order valence-corrected chi connectivity index (χ1v) is 12.8. The third kappa shape index (κ3) is 8.85. The van der Waals surface area contributed by atoms with Gasteiger partial charge in [-0.15, -0.1) is 0 Å². The highest BCUT2D eigenvalue weighted by molar-refractivity contribution is 6.00. The van der Waals surface area contributed by atoms with Crippen molar-refractivity contribution in [2.75, 3.05) is 6.61 Å². The predicted molar refractivity (Wildman–Crippen MR) is 145 cm³/mol. The van der Waals surface area contributed by atoms with Gasteiger partial charge in [-0.2, -0.15) is 0 Å². The SMILES string of the molecule is CC(=O)OC[C@@H](OC(C)=O)[C@@H](OC(C)=O)[C@@H](OC(C)=O)[C@H](OC(C)=O)c1cc(C(C)=O)c(-c2ccccc2)c(=O)n1C. The van der Waals surface area contributed by atoms with Crippen LogP contribution < -0.4 is 5.56 Å². The van der Waals surface area contributed by atoms with E-state index in [-0.39, 0.29) is 16.8 Å². The van der Waals surface area contributed by atoms with Crippen LogP contribution in [0.25, 0.3) is 11.1 Å². The summed E-state index contributed by atoms with van der Waals surface area (Å²) < 4.78 is 27.8. The Morgan fingerprint density at radius 1 is 0.714 bits per heavy atom. The Hall–Kier alpha value is -4.81. The van der Waals surface area contributed by atoms with Crippen LogP contribution in [0.3, 0.4) is 0 Å². The third-order valence-corrected chi connectivity index (χ3v) is 5.85. The molecular weight excluding hydrogens is 554 g/mol. The maximum atomic E-state index is 13.7. The van der Waals surface area contributed by atoms with E-state index in [1.54, 1.807) is 30.3 Å². The van der Waals surface area contributed by atoms with Gasteiger partial charge in [0.15, 0.2) is 30.2 Å². The molecule has 0 aliphatic carbocycles. The number of carbonyl (C=O) groups excluding carboxylic acids is 6. The van der Waals surface area contributed by atoms with Crippen LogP contribution in [0.2, 0.25) is 0 Å². The van der Waals surface area contributed by atoms with Crippen molar-refractivity contribution in [1.29, 1.82) is 0 Å². The molecule has 226 valence electrons. The van der Waals surface area contributed by atoms with Crippen molar-refractivity contribution < 1.29 is 52.5 Å². The van der Waals surface area contributed by atoms with E-state index in [4.69, 9.17) is 23.7 Å². The van der Waals surface area contributed by atoms with E-state index in [0.717, 1.165) is 39.2 Å². The molecule has 0 saturated carbocycles. The van der Waals surface area contributed by atoms with Crippen LogP contribution in [0.1, 0.15) is 63.7 Å². The highest BCUT2D eigenvalue weighted by atomic mass is 16.6. The molecule has 0 aliphatic heterocycles. The normalized spacial score (nSPS) is 13.5. The zero-order valence-electron chi connectivity index (χ0n) is 24.3. The van der Waals surface area contributed by atoms with Crippen LogP contribution in [0, 0.1) is 0 Å². The third-order valence-electron chi connectivity index (χ3n) is 5.85. The van der Waals surface area contributed by atoms with Crippen molar-refractivity contribution >= 4 is 35.6 Å². The van der Waals surface area contributed by atoms with Crippen LogP contribution in [-0.2, 0) is 54.7 Å². The summed E-state index contributed by atoms with van der Waals surface area (Å²) in [5, 5.41) is 0. The van der Waals surface area contributed by atoms with Crippen LogP contribution in [-0.4, -0.2) is 65.1 Å². The number of nitrogens with zero attached hydrogens (tertiary/aromatic N) is 1. The van der Waals surface area contributed by atoms with E-state index in [0.29, 0.717) is 5.56 Å². The molecule has 13 nitrogen and oxygen atoms in total. The van der Waals surface area contributed by atoms with Gasteiger partial charge in [-0.05, 0) is 18.6 Å². The maximum absolute atomic E-state index is 13.7. The zero-order valence-corrected chi connectivity index (χ0v) is 24.3. The van der Waals surface area contributed by atoms with E-state index in [1.807, 2.05) is 0 Å². The van der Waals surface area contributed by atoms with Gasteiger partial charge in [0.05, 0.1) is 11.3 Å². The molecule has 1 aromatic heterocycles. The van der Waals surface area contributed by atoms with Gasteiger partial charge in [-0.25, -0.2) is 0 Å². The van der Waals surface area contributed by atoms with Crippen LogP contribution in [0.4, 0.5) is 0 Å². The molecule has 0 bridgehead atoms. The lowest BCUT2D eigenvalue weighted by molar-refractivity contribution is -0.203. The standard InChI is InChI=1S/C29H33NO12/c1-15(31)22-13-23(30(7)29(37)25(22)21-11-9-8-10-12-21)26(40-18(4)34)28(42-20(6)36)27(41-19(5)35)24(39-17(3)33)14-38-16(2)32/h8-13,24,26-28H,14H2,1-7H3/t24-,26-,27-,28+/m1/s1. The van der Waals surface area contributed by atoms with Gasteiger partial charge in [0, 0.05) is 47.2 Å². The lowest BCUT2D eigenvalue weighted by Gasteiger charge is -2.36. The molecule has 0 radical (unpaired) electrons. The Kier molecular flexibility index (Phi) is 11.7. The Bertz CT molecular complexity index is 1410. The van der Waals surface area contributed by atoms with Crippen molar-refractivity contribution in [3.63, 3.8) is 0 Å². The minimum Gasteiger partial charge on any atom is -0.462 e. The van der Waals surface area contributed by atoms with Gasteiger partial charge in [0.25, 0.3) is 5.56 Å². The molecule has 0 saturated heterocycles. The van der Waals surface area contributed by atoms with Gasteiger partial charge in [0.1, 0.15) is 6.61 Å². The molecule has 0 unspecified atom stereocenters. The molecule has 2 rings (SSSR count). The monoisotopic (exact) mass is 587 g/mol. The molecule has 0 amide bonds. The lowest BCUT2D eigenvalue weighted by atomic mass is 9.94. The number of rotatable bonds is 12. The number of esters is 5. The molecule has 1 aromatic carbocycles. The average Bonchev–Trinajstić information content (AvgIpc) is 2.88. The molecule has 4 atom stereocenters. The first-order valence-electron chi connectivity index (χ1n) is 12.8. The van der Waals surface area contributed by atoms with Crippen molar-refractivity contribution in [3.05, 3.63) is 58.0 Å². The molecule has 2 aromatic rings. The smallest absolute Gasteiger partial charge is 0.303 e. The predicted octanol–water partition coefficient (Wildman–Crippen LogP) is 2.22. The Balaban J connectivity index is 2.91. The average molecular weight is 588 g/mol.